The van der Waals surface area contributed by atoms with Crippen LogP contribution in [-0.2, 0) is 14.3 Å². The molecule has 0 saturated carbocycles. The van der Waals surface area contributed by atoms with E-state index in [4.69, 9.17) is 22.0 Å². The smallest absolute Gasteiger partial charge is 0.323 e. The second-order valence-corrected chi connectivity index (χ2v) is 4.30. The summed E-state index contributed by atoms with van der Waals surface area (Å²) in [7, 11) is 0. The van der Waals surface area contributed by atoms with E-state index in [9.17, 15) is 9.59 Å². The molecule has 17 heavy (non-hydrogen) atoms. The molecule has 1 heterocycles. The number of ether oxygens (including phenoxy) is 1. The molecule has 0 bridgehead atoms. The fraction of sp³-hybridized carbons (Fsp3) is 0.636. The van der Waals surface area contributed by atoms with Gasteiger partial charge in [-0.15, -0.1) is 6.42 Å². The summed E-state index contributed by atoms with van der Waals surface area (Å²) in [6, 6.07) is -0.441. The third-order valence-electron chi connectivity index (χ3n) is 2.90. The Bertz CT molecular complexity index is 363. The Hall–Kier alpha value is -1.58. The van der Waals surface area contributed by atoms with Crippen LogP contribution in [0.5, 0.6) is 0 Å². The fourth-order valence-corrected chi connectivity index (χ4v) is 1.74. The molecule has 1 amide bonds. The zero-order chi connectivity index (χ0) is 13.1. The first-order valence-electron chi connectivity index (χ1n) is 5.19. The Morgan fingerprint density at radius 3 is 2.76 bits per heavy atom. The largest absolute Gasteiger partial charge is 0.480 e. The van der Waals surface area contributed by atoms with Crippen LogP contribution in [0.3, 0.4) is 0 Å². The van der Waals surface area contributed by atoms with E-state index in [0.717, 1.165) is 4.90 Å². The van der Waals surface area contributed by atoms with Gasteiger partial charge in [-0.3, -0.25) is 9.59 Å². The van der Waals surface area contributed by atoms with Crippen molar-refractivity contribution in [3.8, 4) is 12.3 Å². The minimum absolute atomic E-state index is 0.0482. The molecule has 0 aromatic carbocycles. The van der Waals surface area contributed by atoms with E-state index in [1.165, 1.54) is 0 Å². The standard InChI is InChI=1S/C11H16N2O4/c1-3-4-13(5-9(14)15)10(16)11(2)7-17-6-8(11)12/h1,8H,4-7,12H2,2H3,(H,14,15). The number of nitrogens with two attached hydrogens (primary N) is 1. The predicted octanol–water partition coefficient (Wildman–Crippen LogP) is -1.10. The van der Waals surface area contributed by atoms with E-state index < -0.39 is 24.0 Å². The summed E-state index contributed by atoms with van der Waals surface area (Å²) in [5, 5.41) is 8.73. The molecule has 2 unspecified atom stereocenters. The van der Waals surface area contributed by atoms with Crippen molar-refractivity contribution < 1.29 is 19.4 Å². The lowest BCUT2D eigenvalue weighted by Gasteiger charge is -2.31. The highest BCUT2D eigenvalue weighted by Crippen LogP contribution is 2.29. The van der Waals surface area contributed by atoms with E-state index >= 15 is 0 Å². The summed E-state index contributed by atoms with van der Waals surface area (Å²) in [5.74, 6) is 0.791. The molecule has 1 aliphatic heterocycles. The van der Waals surface area contributed by atoms with Gasteiger partial charge in [0.15, 0.2) is 0 Å². The first kappa shape index (κ1) is 13.5. The minimum atomic E-state index is -1.11. The average molecular weight is 240 g/mol. The van der Waals surface area contributed by atoms with Crippen LogP contribution in [0.25, 0.3) is 0 Å². The fourth-order valence-electron chi connectivity index (χ4n) is 1.74. The van der Waals surface area contributed by atoms with Crippen molar-refractivity contribution in [2.24, 2.45) is 11.1 Å². The lowest BCUT2D eigenvalue weighted by atomic mass is 9.84. The molecule has 1 fully saturated rings. The van der Waals surface area contributed by atoms with E-state index in [1.54, 1.807) is 6.92 Å². The zero-order valence-corrected chi connectivity index (χ0v) is 9.68. The first-order chi connectivity index (χ1) is 7.91. The van der Waals surface area contributed by atoms with Crippen molar-refractivity contribution in [2.75, 3.05) is 26.3 Å². The van der Waals surface area contributed by atoms with Crippen molar-refractivity contribution in [3.63, 3.8) is 0 Å². The quantitative estimate of drug-likeness (QED) is 0.608. The van der Waals surface area contributed by atoms with Gasteiger partial charge in [0.2, 0.25) is 5.91 Å². The van der Waals surface area contributed by atoms with Gasteiger partial charge in [0.05, 0.1) is 25.2 Å². The van der Waals surface area contributed by atoms with Gasteiger partial charge in [-0.05, 0) is 6.92 Å². The molecule has 0 aromatic rings. The second-order valence-electron chi connectivity index (χ2n) is 4.30. The number of nitrogens with zero attached hydrogens (tertiary/aromatic N) is 1. The molecule has 1 saturated heterocycles. The van der Waals surface area contributed by atoms with Crippen molar-refractivity contribution >= 4 is 11.9 Å². The summed E-state index contributed by atoms with van der Waals surface area (Å²) < 4.78 is 5.16. The Balaban J connectivity index is 2.84. The van der Waals surface area contributed by atoms with Crippen LogP contribution in [0.15, 0.2) is 0 Å². The molecule has 0 spiro atoms. The van der Waals surface area contributed by atoms with E-state index in [-0.39, 0.29) is 19.1 Å². The molecule has 0 aromatic heterocycles. The number of hydrogen-bond donors (Lipinski definition) is 2. The van der Waals surface area contributed by atoms with E-state index in [1.807, 2.05) is 0 Å². The number of amides is 1. The van der Waals surface area contributed by atoms with Gasteiger partial charge >= 0.3 is 5.97 Å². The van der Waals surface area contributed by atoms with Crippen molar-refractivity contribution in [1.82, 2.24) is 4.90 Å². The maximum absolute atomic E-state index is 12.2. The highest BCUT2D eigenvalue weighted by Gasteiger charge is 2.46. The molecular weight excluding hydrogens is 224 g/mol. The molecule has 1 aliphatic rings. The normalized spacial score (nSPS) is 27.5. The van der Waals surface area contributed by atoms with Gasteiger partial charge in [0.1, 0.15) is 6.54 Å². The average Bonchev–Trinajstić information content (AvgIpc) is 2.58. The summed E-state index contributed by atoms with van der Waals surface area (Å²) in [5.41, 5.74) is 4.91. The Labute approximate surface area is 99.7 Å². The summed E-state index contributed by atoms with van der Waals surface area (Å²) in [4.78, 5) is 24.0. The van der Waals surface area contributed by atoms with E-state index in [0.29, 0.717) is 6.61 Å². The maximum Gasteiger partial charge on any atom is 0.323 e. The molecule has 3 N–H and O–H groups in total. The number of hydrogen-bond acceptors (Lipinski definition) is 4. The number of carboxylic acids is 1. The van der Waals surface area contributed by atoms with Crippen LogP contribution in [0.2, 0.25) is 0 Å². The lowest BCUT2D eigenvalue weighted by molar-refractivity contribution is -0.149. The molecular formula is C11H16N2O4. The SMILES string of the molecule is C#CCN(CC(=O)O)C(=O)C1(C)COCC1N. The Morgan fingerprint density at radius 1 is 1.71 bits per heavy atom. The lowest BCUT2D eigenvalue weighted by Crippen LogP contribution is -2.52. The number of aliphatic carboxylic acids is 1. The second kappa shape index (κ2) is 5.17. The molecule has 1 rings (SSSR count). The number of carbonyl (C=O) groups excluding carboxylic acids is 1. The summed E-state index contributed by atoms with van der Waals surface area (Å²) in [6.45, 7) is 1.67. The highest BCUT2D eigenvalue weighted by atomic mass is 16.5. The molecule has 0 aliphatic carbocycles. The van der Waals surface area contributed by atoms with Crippen molar-refractivity contribution in [3.05, 3.63) is 0 Å². The van der Waals surface area contributed by atoms with Crippen LogP contribution in [0.4, 0.5) is 0 Å². The number of carboxylic acid groups (broad SMARTS) is 1. The molecule has 6 nitrogen and oxygen atoms in total. The maximum atomic E-state index is 12.2. The van der Waals surface area contributed by atoms with Gasteiger partial charge in [0, 0.05) is 6.04 Å². The van der Waals surface area contributed by atoms with Crippen LogP contribution in [0, 0.1) is 17.8 Å². The predicted molar refractivity (Wildman–Crippen MR) is 60.0 cm³/mol. The molecule has 0 radical (unpaired) electrons. The Kier molecular flexibility index (Phi) is 4.10. The highest BCUT2D eigenvalue weighted by molar-refractivity contribution is 5.87. The van der Waals surface area contributed by atoms with Crippen LogP contribution in [-0.4, -0.2) is 54.2 Å². The Morgan fingerprint density at radius 2 is 2.35 bits per heavy atom. The van der Waals surface area contributed by atoms with Crippen LogP contribution < -0.4 is 5.73 Å². The molecule has 2 atom stereocenters. The van der Waals surface area contributed by atoms with Crippen molar-refractivity contribution in [2.45, 2.75) is 13.0 Å². The number of carbonyl (C=O) groups is 2. The van der Waals surface area contributed by atoms with Gasteiger partial charge in [-0.2, -0.15) is 0 Å². The minimum Gasteiger partial charge on any atom is -0.480 e. The number of terminal acetylenes is 1. The van der Waals surface area contributed by atoms with Crippen LogP contribution >= 0.6 is 0 Å². The van der Waals surface area contributed by atoms with Crippen LogP contribution in [0.1, 0.15) is 6.92 Å². The third-order valence-corrected chi connectivity index (χ3v) is 2.90. The topological polar surface area (TPSA) is 92.9 Å². The summed E-state index contributed by atoms with van der Waals surface area (Å²) in [6.07, 6.45) is 5.12. The summed E-state index contributed by atoms with van der Waals surface area (Å²) >= 11 is 0. The van der Waals surface area contributed by atoms with Crippen molar-refractivity contribution in [1.29, 1.82) is 0 Å². The van der Waals surface area contributed by atoms with E-state index in [2.05, 4.69) is 5.92 Å². The zero-order valence-electron chi connectivity index (χ0n) is 9.68. The monoisotopic (exact) mass is 240 g/mol. The third kappa shape index (κ3) is 2.75. The number of rotatable bonds is 4. The first-order valence-corrected chi connectivity index (χ1v) is 5.19. The molecule has 6 heteroatoms. The van der Waals surface area contributed by atoms with Gasteiger partial charge in [0.25, 0.3) is 0 Å². The van der Waals surface area contributed by atoms with Gasteiger partial charge in [-0.1, -0.05) is 5.92 Å². The molecule has 94 valence electrons. The van der Waals surface area contributed by atoms with Gasteiger partial charge < -0.3 is 20.5 Å². The van der Waals surface area contributed by atoms with Gasteiger partial charge in [-0.25, -0.2) is 0 Å².